The molecule has 1 fully saturated rings. The van der Waals surface area contributed by atoms with Crippen LogP contribution < -0.4 is 0 Å². The lowest BCUT2D eigenvalue weighted by molar-refractivity contribution is -0.136. The maximum Gasteiger partial charge on any atom is 0.127 e. The van der Waals surface area contributed by atoms with Crippen molar-refractivity contribution >= 4 is 11.6 Å². The summed E-state index contributed by atoms with van der Waals surface area (Å²) in [5.74, 6) is -0.356. The fourth-order valence-electron chi connectivity index (χ4n) is 2.32. The van der Waals surface area contributed by atoms with Crippen LogP contribution in [0.3, 0.4) is 0 Å². The van der Waals surface area contributed by atoms with Crippen molar-refractivity contribution < 1.29 is 14.2 Å². The third kappa shape index (κ3) is 2.79. The molecule has 0 saturated heterocycles. The molecule has 4 heteroatoms. The average molecular weight is 259 g/mol. The molecule has 0 amide bonds. The summed E-state index contributed by atoms with van der Waals surface area (Å²) in [6.45, 7) is 2.56. The van der Waals surface area contributed by atoms with Crippen molar-refractivity contribution in [3.8, 4) is 0 Å². The first kappa shape index (κ1) is 12.8. The van der Waals surface area contributed by atoms with Crippen LogP contribution in [-0.2, 0) is 11.2 Å². The highest BCUT2D eigenvalue weighted by Crippen LogP contribution is 2.38. The molecule has 0 aromatic heterocycles. The molecule has 0 heterocycles. The first-order chi connectivity index (χ1) is 8.04. The van der Waals surface area contributed by atoms with Gasteiger partial charge in [0.2, 0.25) is 0 Å². The normalized spacial score (nSPS) is 27.9. The number of halogens is 2. The van der Waals surface area contributed by atoms with Gasteiger partial charge in [0.15, 0.2) is 0 Å². The van der Waals surface area contributed by atoms with E-state index in [4.69, 9.17) is 16.3 Å². The van der Waals surface area contributed by atoms with Crippen molar-refractivity contribution in [1.82, 2.24) is 0 Å². The van der Waals surface area contributed by atoms with Crippen molar-refractivity contribution in [3.63, 3.8) is 0 Å². The smallest absolute Gasteiger partial charge is 0.127 e. The SMILES string of the molecule is CCOC1CC(O)(Cc2c(F)cccc2Cl)C1. The molecule has 0 spiro atoms. The fraction of sp³-hybridized carbons (Fsp3) is 0.538. The molecule has 0 unspecified atom stereocenters. The van der Waals surface area contributed by atoms with Crippen LogP contribution >= 0.6 is 11.6 Å². The summed E-state index contributed by atoms with van der Waals surface area (Å²) in [6.07, 6.45) is 1.44. The highest BCUT2D eigenvalue weighted by Gasteiger charge is 2.43. The molecule has 94 valence electrons. The Morgan fingerprint density at radius 1 is 1.53 bits per heavy atom. The Kier molecular flexibility index (Phi) is 3.71. The van der Waals surface area contributed by atoms with Crippen molar-refractivity contribution in [3.05, 3.63) is 34.6 Å². The molecule has 1 aromatic rings. The molecule has 1 aliphatic rings. The van der Waals surface area contributed by atoms with Gasteiger partial charge < -0.3 is 9.84 Å². The van der Waals surface area contributed by atoms with E-state index >= 15 is 0 Å². The molecule has 1 aromatic carbocycles. The second-order valence-electron chi connectivity index (χ2n) is 4.59. The van der Waals surface area contributed by atoms with E-state index in [2.05, 4.69) is 0 Å². The summed E-state index contributed by atoms with van der Waals surface area (Å²) in [6, 6.07) is 4.57. The van der Waals surface area contributed by atoms with Crippen molar-refractivity contribution in [1.29, 1.82) is 0 Å². The van der Waals surface area contributed by atoms with Crippen LogP contribution in [0.1, 0.15) is 25.3 Å². The second kappa shape index (κ2) is 4.92. The Balaban J connectivity index is 2.02. The molecule has 2 rings (SSSR count). The minimum absolute atomic E-state index is 0.0931. The average Bonchev–Trinajstić information content (AvgIpc) is 2.22. The van der Waals surface area contributed by atoms with Crippen LogP contribution in [0.25, 0.3) is 0 Å². The molecule has 2 nitrogen and oxygen atoms in total. The van der Waals surface area contributed by atoms with E-state index in [0.717, 1.165) is 0 Å². The summed E-state index contributed by atoms with van der Waals surface area (Å²) in [5.41, 5.74) is -0.474. The fourth-order valence-corrected chi connectivity index (χ4v) is 2.55. The zero-order valence-electron chi connectivity index (χ0n) is 9.75. The predicted molar refractivity (Wildman–Crippen MR) is 64.7 cm³/mol. The molecule has 0 radical (unpaired) electrons. The Morgan fingerprint density at radius 3 is 2.82 bits per heavy atom. The molecular weight excluding hydrogens is 243 g/mol. The first-order valence-electron chi connectivity index (χ1n) is 5.81. The summed E-state index contributed by atoms with van der Waals surface area (Å²) >= 11 is 5.93. The predicted octanol–water partition coefficient (Wildman–Crippen LogP) is 2.95. The van der Waals surface area contributed by atoms with Gasteiger partial charge in [0.25, 0.3) is 0 Å². The van der Waals surface area contributed by atoms with E-state index in [0.29, 0.717) is 30.0 Å². The third-order valence-corrected chi connectivity index (χ3v) is 3.54. The molecule has 1 saturated carbocycles. The maximum absolute atomic E-state index is 13.6. The van der Waals surface area contributed by atoms with Gasteiger partial charge in [-0.25, -0.2) is 4.39 Å². The van der Waals surface area contributed by atoms with E-state index in [1.165, 1.54) is 6.07 Å². The minimum Gasteiger partial charge on any atom is -0.389 e. The number of hydrogen-bond donors (Lipinski definition) is 1. The number of ether oxygens (including phenoxy) is 1. The van der Waals surface area contributed by atoms with Gasteiger partial charge in [0, 0.05) is 36.5 Å². The molecule has 0 atom stereocenters. The van der Waals surface area contributed by atoms with Crippen LogP contribution in [0, 0.1) is 5.82 Å². The molecule has 17 heavy (non-hydrogen) atoms. The Morgan fingerprint density at radius 2 is 2.24 bits per heavy atom. The van der Waals surface area contributed by atoms with E-state index < -0.39 is 5.60 Å². The summed E-state index contributed by atoms with van der Waals surface area (Å²) < 4.78 is 18.9. The van der Waals surface area contributed by atoms with E-state index in [1.54, 1.807) is 12.1 Å². The van der Waals surface area contributed by atoms with Crippen LogP contribution in [0.15, 0.2) is 18.2 Å². The summed E-state index contributed by atoms with van der Waals surface area (Å²) in [7, 11) is 0. The maximum atomic E-state index is 13.6. The molecular formula is C13H16ClFO2. The number of rotatable bonds is 4. The van der Waals surface area contributed by atoms with Gasteiger partial charge in [-0.1, -0.05) is 17.7 Å². The molecule has 0 aliphatic heterocycles. The van der Waals surface area contributed by atoms with Crippen LogP contribution in [0.5, 0.6) is 0 Å². The van der Waals surface area contributed by atoms with Gasteiger partial charge in [0.05, 0.1) is 11.7 Å². The Labute approximate surface area is 105 Å². The Hall–Kier alpha value is -0.640. The van der Waals surface area contributed by atoms with Crippen molar-refractivity contribution in [2.75, 3.05) is 6.61 Å². The van der Waals surface area contributed by atoms with E-state index in [9.17, 15) is 9.50 Å². The van der Waals surface area contributed by atoms with Gasteiger partial charge in [-0.15, -0.1) is 0 Å². The van der Waals surface area contributed by atoms with Gasteiger partial charge in [0.1, 0.15) is 5.82 Å². The standard InChI is InChI=1S/C13H16ClFO2/c1-2-17-9-6-13(16,7-9)8-10-11(14)4-3-5-12(10)15/h3-5,9,16H,2,6-8H2,1H3. The Bertz CT molecular complexity index is 382. The minimum atomic E-state index is -0.869. The molecule has 1 aliphatic carbocycles. The number of benzene rings is 1. The highest BCUT2D eigenvalue weighted by molar-refractivity contribution is 6.31. The van der Waals surface area contributed by atoms with Gasteiger partial charge in [-0.2, -0.15) is 0 Å². The summed E-state index contributed by atoms with van der Waals surface area (Å²) in [5, 5.41) is 10.6. The lowest BCUT2D eigenvalue weighted by Crippen LogP contribution is -2.50. The van der Waals surface area contributed by atoms with Crippen LogP contribution in [-0.4, -0.2) is 23.4 Å². The molecule has 0 bridgehead atoms. The van der Waals surface area contributed by atoms with Gasteiger partial charge >= 0.3 is 0 Å². The van der Waals surface area contributed by atoms with Crippen molar-refractivity contribution in [2.24, 2.45) is 0 Å². The van der Waals surface area contributed by atoms with E-state index in [-0.39, 0.29) is 18.3 Å². The largest absolute Gasteiger partial charge is 0.389 e. The van der Waals surface area contributed by atoms with Gasteiger partial charge in [-0.3, -0.25) is 0 Å². The number of aliphatic hydroxyl groups is 1. The quantitative estimate of drug-likeness (QED) is 0.900. The highest BCUT2D eigenvalue weighted by atomic mass is 35.5. The van der Waals surface area contributed by atoms with E-state index in [1.807, 2.05) is 6.92 Å². The first-order valence-corrected chi connectivity index (χ1v) is 6.19. The van der Waals surface area contributed by atoms with Crippen LogP contribution in [0.2, 0.25) is 5.02 Å². The third-order valence-electron chi connectivity index (χ3n) is 3.19. The molecule has 1 N–H and O–H groups in total. The van der Waals surface area contributed by atoms with Crippen LogP contribution in [0.4, 0.5) is 4.39 Å². The van der Waals surface area contributed by atoms with Crippen molar-refractivity contribution in [2.45, 2.75) is 37.9 Å². The zero-order valence-corrected chi connectivity index (χ0v) is 10.5. The summed E-state index contributed by atoms with van der Waals surface area (Å²) in [4.78, 5) is 0. The van der Waals surface area contributed by atoms with Gasteiger partial charge in [-0.05, 0) is 19.1 Å². The zero-order chi connectivity index (χ0) is 12.5. The second-order valence-corrected chi connectivity index (χ2v) is 4.99. The lowest BCUT2D eigenvalue weighted by atomic mass is 9.73. The monoisotopic (exact) mass is 258 g/mol. The topological polar surface area (TPSA) is 29.5 Å². The lowest BCUT2D eigenvalue weighted by Gasteiger charge is -2.43. The number of hydrogen-bond acceptors (Lipinski definition) is 2.